The zero-order chi connectivity index (χ0) is 12.8. The third-order valence-electron chi connectivity index (χ3n) is 2.67. The second-order valence-corrected chi connectivity index (χ2v) is 4.96. The molecule has 96 valence electrons. The number of hydrogen-bond donors (Lipinski definition) is 1. The molecule has 0 fully saturated rings. The summed E-state index contributed by atoms with van der Waals surface area (Å²) in [6, 6.07) is 7.64. The molecule has 0 aliphatic rings. The maximum Gasteiger partial charge on any atom is 0.119 e. The summed E-state index contributed by atoms with van der Waals surface area (Å²) in [5.41, 5.74) is 0.900. The molecule has 0 bridgehead atoms. The fraction of sp³-hybridized carbons (Fsp3) is 0.357. The molecule has 1 unspecified atom stereocenters. The molecule has 4 heteroatoms. The van der Waals surface area contributed by atoms with Gasteiger partial charge in [-0.1, -0.05) is 12.1 Å². The van der Waals surface area contributed by atoms with Crippen LogP contribution < -0.4 is 4.74 Å². The van der Waals surface area contributed by atoms with Crippen LogP contribution in [0.2, 0.25) is 0 Å². The Balaban J connectivity index is 1.95. The van der Waals surface area contributed by atoms with E-state index in [1.165, 1.54) is 0 Å². The van der Waals surface area contributed by atoms with Gasteiger partial charge in [-0.2, -0.15) is 0 Å². The van der Waals surface area contributed by atoms with E-state index < -0.39 is 6.10 Å². The summed E-state index contributed by atoms with van der Waals surface area (Å²) >= 11 is 1.62. The van der Waals surface area contributed by atoms with E-state index in [4.69, 9.17) is 4.74 Å². The molecule has 0 amide bonds. The van der Waals surface area contributed by atoms with Crippen molar-refractivity contribution in [3.8, 4) is 5.75 Å². The molecule has 0 aliphatic carbocycles. The van der Waals surface area contributed by atoms with E-state index in [0.29, 0.717) is 13.0 Å². The first-order valence-electron chi connectivity index (χ1n) is 6.08. The number of nitrogens with zero attached hydrogens (tertiary/aromatic N) is 1. The molecule has 3 nitrogen and oxygen atoms in total. The van der Waals surface area contributed by atoms with Gasteiger partial charge in [0, 0.05) is 18.0 Å². The number of thiazole rings is 1. The van der Waals surface area contributed by atoms with E-state index in [9.17, 15) is 5.11 Å². The summed E-state index contributed by atoms with van der Waals surface area (Å²) in [6.07, 6.45) is 2.82. The quantitative estimate of drug-likeness (QED) is 0.870. The lowest BCUT2D eigenvalue weighted by Crippen LogP contribution is -2.00. The molecule has 1 N–H and O–H groups in total. The lowest BCUT2D eigenvalue weighted by Gasteiger charge is -2.11. The van der Waals surface area contributed by atoms with Crippen LogP contribution in [0.1, 0.15) is 30.0 Å². The van der Waals surface area contributed by atoms with Gasteiger partial charge >= 0.3 is 0 Å². The molecule has 2 aromatic rings. The van der Waals surface area contributed by atoms with Crippen LogP contribution in [0.25, 0.3) is 0 Å². The molecule has 0 saturated heterocycles. The number of aryl methyl sites for hydroxylation is 1. The predicted octanol–water partition coefficient (Wildman–Crippen LogP) is 3.21. The van der Waals surface area contributed by atoms with Gasteiger partial charge in [0.25, 0.3) is 0 Å². The van der Waals surface area contributed by atoms with Gasteiger partial charge in [0.1, 0.15) is 5.75 Å². The summed E-state index contributed by atoms with van der Waals surface area (Å²) in [6.45, 7) is 2.59. The highest BCUT2D eigenvalue weighted by Crippen LogP contribution is 2.23. The van der Waals surface area contributed by atoms with Crippen LogP contribution in [0, 0.1) is 0 Å². The van der Waals surface area contributed by atoms with Crippen molar-refractivity contribution in [1.29, 1.82) is 0 Å². The van der Waals surface area contributed by atoms with Gasteiger partial charge in [-0.3, -0.25) is 0 Å². The van der Waals surface area contributed by atoms with Crippen LogP contribution >= 0.6 is 11.3 Å². The Morgan fingerprint density at radius 1 is 1.44 bits per heavy atom. The van der Waals surface area contributed by atoms with Crippen LogP contribution in [0.3, 0.4) is 0 Å². The summed E-state index contributed by atoms with van der Waals surface area (Å²) in [7, 11) is 0. The number of benzene rings is 1. The van der Waals surface area contributed by atoms with E-state index in [2.05, 4.69) is 4.98 Å². The second-order valence-electron chi connectivity index (χ2n) is 3.99. The highest BCUT2D eigenvalue weighted by atomic mass is 32.1. The SMILES string of the molecule is CCOc1cccc(C(O)CCc2nccs2)c1. The van der Waals surface area contributed by atoms with Crippen molar-refractivity contribution >= 4 is 11.3 Å². The second kappa shape index (κ2) is 6.52. The highest BCUT2D eigenvalue weighted by Gasteiger charge is 2.09. The summed E-state index contributed by atoms with van der Waals surface area (Å²) in [5.74, 6) is 0.809. The third kappa shape index (κ3) is 3.55. The Kier molecular flexibility index (Phi) is 4.73. The maximum atomic E-state index is 10.1. The largest absolute Gasteiger partial charge is 0.494 e. The number of aliphatic hydroxyl groups excluding tert-OH is 1. The fourth-order valence-electron chi connectivity index (χ4n) is 1.78. The van der Waals surface area contributed by atoms with Gasteiger partial charge in [0.2, 0.25) is 0 Å². The molecule has 0 radical (unpaired) electrons. The topological polar surface area (TPSA) is 42.4 Å². The minimum absolute atomic E-state index is 0.464. The van der Waals surface area contributed by atoms with Crippen molar-refractivity contribution in [2.24, 2.45) is 0 Å². The normalized spacial score (nSPS) is 12.3. The number of hydrogen-bond acceptors (Lipinski definition) is 4. The van der Waals surface area contributed by atoms with E-state index >= 15 is 0 Å². The highest BCUT2D eigenvalue weighted by molar-refractivity contribution is 7.09. The van der Waals surface area contributed by atoms with Crippen molar-refractivity contribution in [1.82, 2.24) is 4.98 Å². The minimum atomic E-state index is -0.464. The van der Waals surface area contributed by atoms with Crippen LogP contribution in [0.5, 0.6) is 5.75 Å². The standard InChI is InChI=1S/C14H17NO2S/c1-2-17-12-5-3-4-11(10-12)13(16)6-7-14-15-8-9-18-14/h3-5,8-10,13,16H,2,6-7H2,1H3. The first kappa shape index (κ1) is 13.1. The van der Waals surface area contributed by atoms with Crippen LogP contribution in [-0.4, -0.2) is 16.7 Å². The van der Waals surface area contributed by atoms with E-state index in [-0.39, 0.29) is 0 Å². The third-order valence-corrected chi connectivity index (χ3v) is 3.51. The zero-order valence-corrected chi connectivity index (χ0v) is 11.2. The molecular formula is C14H17NO2S. The van der Waals surface area contributed by atoms with E-state index in [1.807, 2.05) is 36.6 Å². The Hall–Kier alpha value is -1.39. The van der Waals surface area contributed by atoms with Gasteiger partial charge < -0.3 is 9.84 Å². The Morgan fingerprint density at radius 2 is 2.33 bits per heavy atom. The minimum Gasteiger partial charge on any atom is -0.494 e. The van der Waals surface area contributed by atoms with Gasteiger partial charge in [-0.15, -0.1) is 11.3 Å². The summed E-state index contributed by atoms with van der Waals surface area (Å²) < 4.78 is 5.43. The zero-order valence-electron chi connectivity index (χ0n) is 10.4. The smallest absolute Gasteiger partial charge is 0.119 e. The van der Waals surface area contributed by atoms with Crippen molar-refractivity contribution in [2.75, 3.05) is 6.61 Å². The maximum absolute atomic E-state index is 10.1. The average molecular weight is 263 g/mol. The molecular weight excluding hydrogens is 246 g/mol. The Morgan fingerprint density at radius 3 is 3.06 bits per heavy atom. The molecule has 1 heterocycles. The van der Waals surface area contributed by atoms with Crippen molar-refractivity contribution < 1.29 is 9.84 Å². The average Bonchev–Trinajstić information content (AvgIpc) is 2.90. The molecule has 18 heavy (non-hydrogen) atoms. The number of aromatic nitrogens is 1. The first-order chi connectivity index (χ1) is 8.79. The van der Waals surface area contributed by atoms with Crippen LogP contribution in [-0.2, 0) is 6.42 Å². The summed E-state index contributed by atoms with van der Waals surface area (Å²) in [4.78, 5) is 4.21. The van der Waals surface area contributed by atoms with Gasteiger partial charge in [0.05, 0.1) is 17.7 Å². The molecule has 1 atom stereocenters. The first-order valence-corrected chi connectivity index (χ1v) is 6.96. The fourth-order valence-corrected chi connectivity index (χ4v) is 2.42. The van der Waals surface area contributed by atoms with E-state index in [1.54, 1.807) is 17.5 Å². The monoisotopic (exact) mass is 263 g/mol. The van der Waals surface area contributed by atoms with Crippen molar-refractivity contribution in [3.05, 3.63) is 46.4 Å². The molecule has 0 aliphatic heterocycles. The Bertz CT molecular complexity index is 470. The van der Waals surface area contributed by atoms with Gasteiger partial charge in [-0.05, 0) is 31.0 Å². The van der Waals surface area contributed by atoms with Crippen molar-refractivity contribution in [3.63, 3.8) is 0 Å². The van der Waals surface area contributed by atoms with Crippen LogP contribution in [0.15, 0.2) is 35.8 Å². The molecule has 2 rings (SSSR count). The predicted molar refractivity (Wildman–Crippen MR) is 73.0 cm³/mol. The van der Waals surface area contributed by atoms with Crippen LogP contribution in [0.4, 0.5) is 0 Å². The molecule has 1 aromatic carbocycles. The number of aliphatic hydroxyl groups is 1. The molecule has 0 spiro atoms. The lowest BCUT2D eigenvalue weighted by molar-refractivity contribution is 0.167. The van der Waals surface area contributed by atoms with Crippen molar-refractivity contribution in [2.45, 2.75) is 25.9 Å². The number of rotatable bonds is 6. The lowest BCUT2D eigenvalue weighted by atomic mass is 10.0. The molecule has 0 saturated carbocycles. The number of ether oxygens (including phenoxy) is 1. The van der Waals surface area contributed by atoms with E-state index in [0.717, 1.165) is 22.7 Å². The Labute approximate surface area is 111 Å². The molecule has 1 aromatic heterocycles. The van der Waals surface area contributed by atoms with Gasteiger partial charge in [-0.25, -0.2) is 4.98 Å². The summed E-state index contributed by atoms with van der Waals surface area (Å²) in [5, 5.41) is 13.2. The van der Waals surface area contributed by atoms with Gasteiger partial charge in [0.15, 0.2) is 0 Å².